The Kier molecular flexibility index (Phi) is 7.02. The Labute approximate surface area is 233 Å². The molecule has 0 radical (unpaired) electrons. The van der Waals surface area contributed by atoms with E-state index in [4.69, 9.17) is 9.47 Å². The van der Waals surface area contributed by atoms with Crippen molar-refractivity contribution < 1.29 is 62.2 Å². The molecule has 0 bridgehead atoms. The number of ether oxygens (including phenoxy) is 2. The molecule has 2 heterocycles. The highest BCUT2D eigenvalue weighted by Crippen LogP contribution is 2.52. The van der Waals surface area contributed by atoms with E-state index in [0.29, 0.717) is 0 Å². The topological polar surface area (TPSA) is 180 Å². The second-order valence-corrected chi connectivity index (χ2v) is 11.2. The number of alkyl halides is 3. The molecule has 41 heavy (non-hydrogen) atoms. The summed E-state index contributed by atoms with van der Waals surface area (Å²) in [5.41, 5.74) is -3.60. The van der Waals surface area contributed by atoms with E-state index in [1.165, 1.54) is 18.4 Å². The number of ketones is 3. The molecule has 0 spiro atoms. The summed E-state index contributed by atoms with van der Waals surface area (Å²) in [5.74, 6) is -6.01. The fourth-order valence-electron chi connectivity index (χ4n) is 5.55. The van der Waals surface area contributed by atoms with Crippen LogP contribution in [-0.4, -0.2) is 80.0 Å². The van der Waals surface area contributed by atoms with Crippen LogP contribution in [0.3, 0.4) is 0 Å². The Hall–Kier alpha value is -3.37. The lowest BCUT2D eigenvalue weighted by atomic mass is 9.73. The SMILES string of the molecule is CC(=O)[C@@]1(O)Cc2c(O)c3c(c(O)c2[C@H](O[C@H]2C[C@H](NC(=O)C(F)(F)F)[C@H](O)[C@H](C)O2)C1)C(=O)c1sccc1C3=O. The predicted octanol–water partition coefficient (Wildman–Crippen LogP) is 1.80. The van der Waals surface area contributed by atoms with Gasteiger partial charge in [-0.15, -0.1) is 11.3 Å². The highest BCUT2D eigenvalue weighted by atomic mass is 32.1. The van der Waals surface area contributed by atoms with Crippen LogP contribution in [-0.2, 0) is 25.5 Å². The lowest BCUT2D eigenvalue weighted by molar-refractivity contribution is -0.250. The number of phenolic OH excluding ortho intramolecular Hbond substituents is 2. The largest absolute Gasteiger partial charge is 0.507 e. The van der Waals surface area contributed by atoms with Gasteiger partial charge in [-0.1, -0.05) is 0 Å². The molecule has 1 fully saturated rings. The maximum atomic E-state index is 13.3. The van der Waals surface area contributed by atoms with Crippen LogP contribution in [0.2, 0.25) is 0 Å². The minimum absolute atomic E-state index is 0.0164. The van der Waals surface area contributed by atoms with Gasteiger partial charge in [0.1, 0.15) is 23.2 Å². The van der Waals surface area contributed by atoms with Gasteiger partial charge in [-0.2, -0.15) is 13.2 Å². The molecular formula is C26H24F3NO10S. The van der Waals surface area contributed by atoms with E-state index in [2.05, 4.69) is 0 Å². The number of aliphatic hydroxyl groups is 2. The van der Waals surface area contributed by atoms with E-state index in [1.54, 1.807) is 5.32 Å². The summed E-state index contributed by atoms with van der Waals surface area (Å²) in [6.45, 7) is 2.39. The number of carbonyl (C=O) groups excluding carboxylic acids is 4. The van der Waals surface area contributed by atoms with Crippen molar-refractivity contribution in [3.8, 4) is 11.5 Å². The van der Waals surface area contributed by atoms with Gasteiger partial charge < -0.3 is 35.2 Å². The number of hydrogen-bond acceptors (Lipinski definition) is 11. The van der Waals surface area contributed by atoms with Gasteiger partial charge in [-0.05, 0) is 25.3 Å². The van der Waals surface area contributed by atoms with Gasteiger partial charge in [0.2, 0.25) is 5.78 Å². The lowest BCUT2D eigenvalue weighted by Gasteiger charge is -2.42. The summed E-state index contributed by atoms with van der Waals surface area (Å²) in [6, 6.07) is -0.0874. The third kappa shape index (κ3) is 4.70. The van der Waals surface area contributed by atoms with E-state index in [1.807, 2.05) is 0 Å². The molecule has 11 nitrogen and oxygen atoms in total. The zero-order chi connectivity index (χ0) is 30.2. The van der Waals surface area contributed by atoms with Crippen molar-refractivity contribution in [1.82, 2.24) is 5.32 Å². The molecule has 1 amide bonds. The maximum Gasteiger partial charge on any atom is 0.471 e. The molecule has 2 aliphatic carbocycles. The molecule has 3 aliphatic rings. The quantitative estimate of drug-likeness (QED) is 0.278. The molecule has 0 unspecified atom stereocenters. The van der Waals surface area contributed by atoms with Gasteiger partial charge in [0.15, 0.2) is 17.9 Å². The van der Waals surface area contributed by atoms with Crippen molar-refractivity contribution in [3.63, 3.8) is 0 Å². The number of thiophene rings is 1. The second-order valence-electron chi connectivity index (χ2n) is 10.3. The first-order valence-electron chi connectivity index (χ1n) is 12.4. The molecule has 6 atom stereocenters. The Bertz CT molecular complexity index is 1490. The van der Waals surface area contributed by atoms with Gasteiger partial charge in [-0.25, -0.2) is 0 Å². The van der Waals surface area contributed by atoms with Crippen LogP contribution in [0, 0.1) is 0 Å². The average molecular weight is 600 g/mol. The summed E-state index contributed by atoms with van der Waals surface area (Å²) < 4.78 is 50.1. The fourth-order valence-corrected chi connectivity index (χ4v) is 6.38. The molecule has 5 N–H and O–H groups in total. The number of nitrogens with one attached hydrogen (secondary N) is 1. The third-order valence-corrected chi connectivity index (χ3v) is 8.64. The van der Waals surface area contributed by atoms with Crippen molar-refractivity contribution in [2.24, 2.45) is 0 Å². The molecule has 1 aromatic heterocycles. The summed E-state index contributed by atoms with van der Waals surface area (Å²) in [6.07, 6.45) is -12.4. The average Bonchev–Trinajstić information content (AvgIpc) is 3.37. The van der Waals surface area contributed by atoms with Crippen molar-refractivity contribution in [2.75, 3.05) is 0 Å². The van der Waals surface area contributed by atoms with Crippen molar-refractivity contribution in [2.45, 2.75) is 75.5 Å². The van der Waals surface area contributed by atoms with Crippen LogP contribution < -0.4 is 5.32 Å². The number of rotatable bonds is 4. The highest BCUT2D eigenvalue weighted by Gasteiger charge is 2.50. The van der Waals surface area contributed by atoms with Crippen LogP contribution in [0.25, 0.3) is 0 Å². The predicted molar refractivity (Wildman–Crippen MR) is 132 cm³/mol. The van der Waals surface area contributed by atoms with Gasteiger partial charge in [0, 0.05) is 36.0 Å². The Morgan fingerprint density at radius 1 is 1.17 bits per heavy atom. The van der Waals surface area contributed by atoms with Crippen molar-refractivity contribution in [3.05, 3.63) is 44.1 Å². The van der Waals surface area contributed by atoms with E-state index in [0.717, 1.165) is 18.3 Å². The van der Waals surface area contributed by atoms with Crippen LogP contribution in [0.5, 0.6) is 11.5 Å². The number of aliphatic hydroxyl groups excluding tert-OH is 1. The molecule has 15 heteroatoms. The normalized spacial score (nSPS) is 29.4. The number of hydrogen-bond donors (Lipinski definition) is 5. The number of carbonyl (C=O) groups is 4. The van der Waals surface area contributed by atoms with Crippen LogP contribution in [0.15, 0.2) is 11.4 Å². The van der Waals surface area contributed by atoms with Crippen LogP contribution in [0.4, 0.5) is 13.2 Å². The lowest BCUT2D eigenvalue weighted by Crippen LogP contribution is -2.57. The van der Waals surface area contributed by atoms with Gasteiger partial charge in [-0.3, -0.25) is 19.2 Å². The maximum absolute atomic E-state index is 13.3. The molecule has 1 aromatic carbocycles. The van der Waals surface area contributed by atoms with Crippen LogP contribution in [0.1, 0.15) is 75.1 Å². The minimum Gasteiger partial charge on any atom is -0.507 e. The number of halogens is 3. The first-order valence-corrected chi connectivity index (χ1v) is 13.3. The minimum atomic E-state index is -5.23. The van der Waals surface area contributed by atoms with Gasteiger partial charge in [0.05, 0.1) is 34.3 Å². The number of Topliss-reactive ketones (excluding diaryl/α,β-unsaturated/α-hetero) is 1. The number of fused-ring (bicyclic) bond motifs is 3. The summed E-state index contributed by atoms with van der Waals surface area (Å²) in [5, 5.41) is 47.2. The van der Waals surface area contributed by atoms with Crippen molar-refractivity contribution in [1.29, 1.82) is 0 Å². The zero-order valence-electron chi connectivity index (χ0n) is 21.4. The number of aromatic hydroxyl groups is 2. The van der Waals surface area contributed by atoms with Gasteiger partial charge in [0.25, 0.3) is 0 Å². The summed E-state index contributed by atoms with van der Waals surface area (Å²) >= 11 is 0.956. The first kappa shape index (κ1) is 29.1. The molecule has 1 aliphatic heterocycles. The summed E-state index contributed by atoms with van der Waals surface area (Å²) in [7, 11) is 0. The van der Waals surface area contributed by atoms with E-state index >= 15 is 0 Å². The number of benzene rings is 1. The second kappa shape index (κ2) is 9.87. The number of amides is 1. The first-order chi connectivity index (χ1) is 19.0. The molecule has 2 aromatic rings. The Balaban J connectivity index is 1.56. The van der Waals surface area contributed by atoms with E-state index in [-0.39, 0.29) is 21.6 Å². The standard InChI is InChI=1S/C26H24F3NO10S/c1-8-18(32)12(30-24(37)26(27,28)29)5-14(39-8)40-13-7-25(38,9(2)31)6-11-15(13)21(35)17-16(20(11)34)19(33)10-3-4-41-23(10)22(17)36/h3-4,8,12-14,18,32,34-35,38H,5-7H2,1-2H3,(H,30,37)/t8-,12-,13+,14-,18+,25+/m0/s1. The zero-order valence-corrected chi connectivity index (χ0v) is 22.3. The summed E-state index contributed by atoms with van der Waals surface area (Å²) in [4.78, 5) is 50.5. The molecule has 5 rings (SSSR count). The fraction of sp³-hybridized carbons (Fsp3) is 0.462. The molecular weight excluding hydrogens is 575 g/mol. The van der Waals surface area contributed by atoms with Gasteiger partial charge >= 0.3 is 12.1 Å². The van der Waals surface area contributed by atoms with Crippen LogP contribution >= 0.6 is 11.3 Å². The van der Waals surface area contributed by atoms with E-state index < -0.39 is 108 Å². The monoisotopic (exact) mass is 599 g/mol. The number of phenols is 2. The Morgan fingerprint density at radius 3 is 2.46 bits per heavy atom. The highest BCUT2D eigenvalue weighted by molar-refractivity contribution is 7.12. The Morgan fingerprint density at radius 2 is 1.83 bits per heavy atom. The third-order valence-electron chi connectivity index (χ3n) is 7.73. The van der Waals surface area contributed by atoms with E-state index in [9.17, 15) is 52.8 Å². The van der Waals surface area contributed by atoms with Crippen molar-refractivity contribution >= 4 is 34.6 Å². The molecule has 0 saturated carbocycles. The smallest absolute Gasteiger partial charge is 0.471 e. The molecule has 1 saturated heterocycles. The molecule has 220 valence electrons.